The summed E-state index contributed by atoms with van der Waals surface area (Å²) in [5.41, 5.74) is 5.66. The van der Waals surface area contributed by atoms with Crippen molar-refractivity contribution >= 4 is 28.7 Å². The van der Waals surface area contributed by atoms with Crippen LogP contribution >= 0.6 is 11.3 Å². The quantitative estimate of drug-likeness (QED) is 0.660. The third-order valence-corrected chi connectivity index (χ3v) is 5.36. The molecule has 8 nitrogen and oxygen atoms in total. The molecule has 0 fully saturated rings. The normalized spacial score (nSPS) is 10.8. The highest BCUT2D eigenvalue weighted by atomic mass is 32.1. The molecule has 1 amide bonds. The third-order valence-electron chi connectivity index (χ3n) is 4.33. The van der Waals surface area contributed by atoms with Crippen LogP contribution in [0.15, 0.2) is 46.1 Å². The number of carbonyl (C=O) groups excluding carboxylic acids is 1. The lowest BCUT2D eigenvalue weighted by Gasteiger charge is -2.19. The van der Waals surface area contributed by atoms with Crippen LogP contribution in [0.4, 0.5) is 11.5 Å². The van der Waals surface area contributed by atoms with Crippen LogP contribution in [0.3, 0.4) is 0 Å². The lowest BCUT2D eigenvalue weighted by Crippen LogP contribution is -2.39. The molecule has 2 aromatic heterocycles. The minimum Gasteiger partial charge on any atom is -0.383 e. The van der Waals surface area contributed by atoms with E-state index in [1.54, 1.807) is 0 Å². The molecule has 0 saturated carbocycles. The Labute approximate surface area is 165 Å². The number of aromatic nitrogens is 3. The maximum absolute atomic E-state index is 12.9. The highest BCUT2D eigenvalue weighted by molar-refractivity contribution is 7.17. The molecule has 3 N–H and O–H groups in total. The monoisotopic (exact) mass is 399 g/mol. The largest absolute Gasteiger partial charge is 0.383 e. The van der Waals surface area contributed by atoms with Crippen molar-refractivity contribution in [3.05, 3.63) is 62.2 Å². The molecule has 1 aromatic carbocycles. The maximum atomic E-state index is 12.9. The van der Waals surface area contributed by atoms with Gasteiger partial charge in [0.25, 0.3) is 11.5 Å². The van der Waals surface area contributed by atoms with Gasteiger partial charge < -0.3 is 10.6 Å². The van der Waals surface area contributed by atoms with Crippen molar-refractivity contribution in [3.63, 3.8) is 0 Å². The van der Waals surface area contributed by atoms with Crippen LogP contribution in [0, 0.1) is 0 Å². The van der Waals surface area contributed by atoms with Crippen molar-refractivity contribution in [2.45, 2.75) is 26.3 Å². The van der Waals surface area contributed by atoms with E-state index in [0.29, 0.717) is 16.4 Å². The topological polar surface area (TPSA) is 114 Å². The SMILES string of the molecule is CCCCn1c(N)c(N(C)C(=O)c2cnc(-c3ccccc3)s2)c(=O)[nH]c1=O. The Morgan fingerprint density at radius 1 is 1.29 bits per heavy atom. The van der Waals surface area contributed by atoms with Crippen molar-refractivity contribution in [1.82, 2.24) is 14.5 Å². The van der Waals surface area contributed by atoms with Gasteiger partial charge in [0.1, 0.15) is 15.7 Å². The number of hydrogen-bond donors (Lipinski definition) is 2. The zero-order valence-electron chi connectivity index (χ0n) is 15.6. The van der Waals surface area contributed by atoms with Gasteiger partial charge in [0.15, 0.2) is 5.69 Å². The van der Waals surface area contributed by atoms with Gasteiger partial charge in [0.05, 0.1) is 6.20 Å². The summed E-state index contributed by atoms with van der Waals surface area (Å²) in [6.45, 7) is 2.35. The first-order valence-corrected chi connectivity index (χ1v) is 9.67. The minimum absolute atomic E-state index is 0.0224. The summed E-state index contributed by atoms with van der Waals surface area (Å²) >= 11 is 1.23. The van der Waals surface area contributed by atoms with Crippen molar-refractivity contribution in [2.24, 2.45) is 0 Å². The Morgan fingerprint density at radius 2 is 2.00 bits per heavy atom. The van der Waals surface area contributed by atoms with Crippen molar-refractivity contribution in [3.8, 4) is 10.6 Å². The van der Waals surface area contributed by atoms with E-state index < -0.39 is 17.2 Å². The number of anilines is 2. The molecular weight excluding hydrogens is 378 g/mol. The first kappa shape index (κ1) is 19.6. The lowest BCUT2D eigenvalue weighted by atomic mass is 10.2. The molecule has 146 valence electrons. The molecule has 28 heavy (non-hydrogen) atoms. The summed E-state index contributed by atoms with van der Waals surface area (Å²) < 4.78 is 1.28. The molecule has 0 aliphatic rings. The predicted octanol–water partition coefficient (Wildman–Crippen LogP) is 2.32. The molecule has 0 saturated heterocycles. The van der Waals surface area contributed by atoms with E-state index in [1.165, 1.54) is 34.0 Å². The Morgan fingerprint density at radius 3 is 2.68 bits per heavy atom. The highest BCUT2D eigenvalue weighted by Gasteiger charge is 2.23. The van der Waals surface area contributed by atoms with Gasteiger partial charge in [-0.25, -0.2) is 9.78 Å². The number of nitrogens with one attached hydrogen (secondary N) is 1. The second kappa shape index (κ2) is 8.22. The van der Waals surface area contributed by atoms with Gasteiger partial charge >= 0.3 is 5.69 Å². The molecule has 2 heterocycles. The van der Waals surface area contributed by atoms with Crippen molar-refractivity contribution in [2.75, 3.05) is 17.7 Å². The van der Waals surface area contributed by atoms with Crippen molar-refractivity contribution < 1.29 is 4.79 Å². The van der Waals surface area contributed by atoms with E-state index in [1.807, 2.05) is 37.3 Å². The second-order valence-corrected chi connectivity index (χ2v) is 7.29. The standard InChI is InChI=1S/C19H21N5O3S/c1-3-4-10-24-15(20)14(16(25)22-19(24)27)23(2)18(26)13-11-21-17(28-13)12-8-6-5-7-9-12/h5-9,11H,3-4,10,20H2,1-2H3,(H,22,25,27). The third kappa shape index (κ3) is 3.74. The van der Waals surface area contributed by atoms with Crippen LogP contribution in [0.2, 0.25) is 0 Å². The summed E-state index contributed by atoms with van der Waals surface area (Å²) in [7, 11) is 1.46. The van der Waals surface area contributed by atoms with E-state index in [0.717, 1.165) is 18.4 Å². The Balaban J connectivity index is 1.95. The first-order chi connectivity index (χ1) is 13.4. The van der Waals surface area contributed by atoms with Gasteiger partial charge in [-0.1, -0.05) is 43.7 Å². The first-order valence-electron chi connectivity index (χ1n) is 8.86. The number of nitrogen functional groups attached to an aromatic ring is 1. The van der Waals surface area contributed by atoms with Crippen LogP contribution in [0.1, 0.15) is 29.4 Å². The second-order valence-electron chi connectivity index (χ2n) is 6.26. The van der Waals surface area contributed by atoms with E-state index in [2.05, 4.69) is 9.97 Å². The van der Waals surface area contributed by atoms with Gasteiger partial charge in [-0.2, -0.15) is 0 Å². The Kier molecular flexibility index (Phi) is 5.74. The number of nitrogens with two attached hydrogens (primary N) is 1. The number of nitrogens with zero attached hydrogens (tertiary/aromatic N) is 3. The van der Waals surface area contributed by atoms with Crippen LogP contribution in [-0.2, 0) is 6.54 Å². The molecule has 0 atom stereocenters. The molecule has 0 aliphatic carbocycles. The maximum Gasteiger partial charge on any atom is 0.330 e. The van der Waals surface area contributed by atoms with Crippen LogP contribution in [0.5, 0.6) is 0 Å². The summed E-state index contributed by atoms with van der Waals surface area (Å²) in [6.07, 6.45) is 3.06. The summed E-state index contributed by atoms with van der Waals surface area (Å²) in [4.78, 5) is 45.4. The fraction of sp³-hybridized carbons (Fsp3) is 0.263. The molecular formula is C19H21N5O3S. The molecule has 3 aromatic rings. The Bertz CT molecular complexity index is 1100. The predicted molar refractivity (Wildman–Crippen MR) is 111 cm³/mol. The van der Waals surface area contributed by atoms with Gasteiger partial charge in [-0.15, -0.1) is 11.3 Å². The number of hydrogen-bond acceptors (Lipinski definition) is 6. The molecule has 3 rings (SSSR count). The average molecular weight is 399 g/mol. The van der Waals surface area contributed by atoms with E-state index >= 15 is 0 Å². The number of rotatable bonds is 6. The smallest absolute Gasteiger partial charge is 0.330 e. The fourth-order valence-electron chi connectivity index (χ4n) is 2.79. The zero-order valence-corrected chi connectivity index (χ0v) is 16.5. The van der Waals surface area contributed by atoms with Crippen LogP contribution in [-0.4, -0.2) is 27.5 Å². The summed E-state index contributed by atoms with van der Waals surface area (Å²) in [5.74, 6) is -0.441. The lowest BCUT2D eigenvalue weighted by molar-refractivity contribution is 0.0996. The number of benzene rings is 1. The Hall–Kier alpha value is -3.20. The van der Waals surface area contributed by atoms with Crippen LogP contribution in [0.25, 0.3) is 10.6 Å². The van der Waals surface area contributed by atoms with Gasteiger partial charge in [-0.05, 0) is 6.42 Å². The van der Waals surface area contributed by atoms with Gasteiger partial charge in [-0.3, -0.25) is 19.1 Å². The van der Waals surface area contributed by atoms with Crippen molar-refractivity contribution in [1.29, 1.82) is 0 Å². The molecule has 9 heteroatoms. The van der Waals surface area contributed by atoms with Gasteiger partial charge in [0, 0.05) is 19.2 Å². The number of amides is 1. The van der Waals surface area contributed by atoms with E-state index in [-0.39, 0.29) is 11.5 Å². The molecule has 0 unspecified atom stereocenters. The molecule has 0 aliphatic heterocycles. The summed E-state index contributed by atoms with van der Waals surface area (Å²) in [5, 5.41) is 0.701. The molecule has 0 spiro atoms. The number of unbranched alkanes of at least 4 members (excludes halogenated alkanes) is 1. The number of thiazole rings is 1. The highest BCUT2D eigenvalue weighted by Crippen LogP contribution is 2.27. The van der Waals surface area contributed by atoms with Gasteiger partial charge in [0.2, 0.25) is 0 Å². The zero-order chi connectivity index (χ0) is 20.3. The minimum atomic E-state index is -0.695. The van der Waals surface area contributed by atoms with Crippen LogP contribution < -0.4 is 21.9 Å². The number of carbonyl (C=O) groups is 1. The fourth-order valence-corrected chi connectivity index (χ4v) is 3.69. The molecule has 0 radical (unpaired) electrons. The average Bonchev–Trinajstić information content (AvgIpc) is 3.18. The number of aromatic amines is 1. The summed E-state index contributed by atoms with van der Waals surface area (Å²) in [6, 6.07) is 9.50. The molecule has 0 bridgehead atoms. The number of H-pyrrole nitrogens is 1. The van der Waals surface area contributed by atoms with E-state index in [9.17, 15) is 14.4 Å². The van der Waals surface area contributed by atoms with E-state index in [4.69, 9.17) is 5.73 Å².